The van der Waals surface area contributed by atoms with Gasteiger partial charge in [-0.25, -0.2) is 0 Å². The van der Waals surface area contributed by atoms with Gasteiger partial charge in [-0.05, 0) is 30.0 Å². The van der Waals surface area contributed by atoms with Gasteiger partial charge >= 0.3 is 0 Å². The maximum absolute atomic E-state index is 11.9. The molecule has 96 valence electrons. The number of hydrogen-bond donors (Lipinski definition) is 0. The van der Waals surface area contributed by atoms with Gasteiger partial charge in [-0.3, -0.25) is 4.79 Å². The summed E-state index contributed by atoms with van der Waals surface area (Å²) < 4.78 is -1.91. The van der Waals surface area contributed by atoms with Crippen LogP contribution in [0.2, 0.25) is 0 Å². The minimum absolute atomic E-state index is 0.530. The molecular weight excluding hydrogens is 293 g/mol. The van der Waals surface area contributed by atoms with Crippen molar-refractivity contribution in [1.82, 2.24) is 4.90 Å². The standard InChI is InChI=1S/C13H12Cl3NO/c1-17(12(18)13(14,15)16)11-7-6-9-4-2-3-5-10(9)8-11/h2-5,8H,6-7H2,1H3. The zero-order valence-electron chi connectivity index (χ0n) is 9.79. The van der Waals surface area contributed by atoms with Crippen LogP contribution < -0.4 is 0 Å². The number of allylic oxidation sites excluding steroid dienone is 1. The molecule has 0 spiro atoms. The Hall–Kier alpha value is -0.700. The quantitative estimate of drug-likeness (QED) is 0.723. The molecule has 2 nitrogen and oxygen atoms in total. The molecule has 0 unspecified atom stereocenters. The topological polar surface area (TPSA) is 20.3 Å². The van der Waals surface area contributed by atoms with Crippen LogP contribution in [0.15, 0.2) is 30.0 Å². The average Bonchev–Trinajstić information content (AvgIpc) is 2.35. The zero-order chi connectivity index (χ0) is 13.3. The second-order valence-corrected chi connectivity index (χ2v) is 6.48. The van der Waals surface area contributed by atoms with E-state index in [1.807, 2.05) is 24.3 Å². The summed E-state index contributed by atoms with van der Waals surface area (Å²) in [5, 5.41) is 0. The predicted molar refractivity (Wildman–Crippen MR) is 75.8 cm³/mol. The van der Waals surface area contributed by atoms with Crippen molar-refractivity contribution in [3.63, 3.8) is 0 Å². The summed E-state index contributed by atoms with van der Waals surface area (Å²) in [6.07, 6.45) is 3.62. The highest BCUT2D eigenvalue weighted by Gasteiger charge is 2.35. The molecule has 0 bridgehead atoms. The van der Waals surface area contributed by atoms with E-state index in [2.05, 4.69) is 6.07 Å². The summed E-state index contributed by atoms with van der Waals surface area (Å²) in [5.41, 5.74) is 3.25. The highest BCUT2D eigenvalue weighted by atomic mass is 35.6. The SMILES string of the molecule is CN(C(=O)C(Cl)(Cl)Cl)C1=Cc2ccccc2CC1. The van der Waals surface area contributed by atoms with Crippen LogP contribution in [-0.4, -0.2) is 21.6 Å². The van der Waals surface area contributed by atoms with Crippen LogP contribution in [0.3, 0.4) is 0 Å². The molecule has 2 rings (SSSR count). The van der Waals surface area contributed by atoms with E-state index in [4.69, 9.17) is 34.8 Å². The molecular formula is C13H12Cl3NO. The molecule has 1 aromatic rings. The van der Waals surface area contributed by atoms with Crippen LogP contribution in [0.5, 0.6) is 0 Å². The fourth-order valence-corrected chi connectivity index (χ4v) is 2.38. The minimum atomic E-state index is -1.91. The second-order valence-electron chi connectivity index (χ2n) is 4.20. The summed E-state index contributed by atoms with van der Waals surface area (Å²) in [7, 11) is 1.63. The number of carbonyl (C=O) groups is 1. The molecule has 0 saturated heterocycles. The van der Waals surface area contributed by atoms with Gasteiger partial charge in [0, 0.05) is 12.7 Å². The van der Waals surface area contributed by atoms with Crippen molar-refractivity contribution in [1.29, 1.82) is 0 Å². The first kappa shape index (κ1) is 13.7. The summed E-state index contributed by atoms with van der Waals surface area (Å²) in [4.78, 5) is 13.3. The second kappa shape index (κ2) is 5.12. The molecule has 18 heavy (non-hydrogen) atoms. The third kappa shape index (κ3) is 2.82. The molecule has 0 fully saturated rings. The number of nitrogens with zero attached hydrogens (tertiary/aromatic N) is 1. The maximum atomic E-state index is 11.9. The number of halogens is 3. The van der Waals surface area contributed by atoms with Gasteiger partial charge in [-0.15, -0.1) is 0 Å². The number of aryl methyl sites for hydroxylation is 1. The Bertz CT molecular complexity index is 505. The fraction of sp³-hybridized carbons (Fsp3) is 0.308. The van der Waals surface area contributed by atoms with E-state index in [1.165, 1.54) is 10.5 Å². The van der Waals surface area contributed by atoms with Crippen LogP contribution in [0.25, 0.3) is 6.08 Å². The van der Waals surface area contributed by atoms with E-state index in [1.54, 1.807) is 7.05 Å². The Kier molecular flexibility index (Phi) is 3.90. The monoisotopic (exact) mass is 303 g/mol. The van der Waals surface area contributed by atoms with Crippen molar-refractivity contribution >= 4 is 46.8 Å². The number of alkyl halides is 3. The molecule has 1 aliphatic rings. The molecule has 1 aromatic carbocycles. The van der Waals surface area contributed by atoms with Gasteiger partial charge in [0.05, 0.1) is 0 Å². The lowest BCUT2D eigenvalue weighted by atomic mass is 9.95. The number of amides is 1. The first-order valence-corrected chi connectivity index (χ1v) is 6.66. The molecule has 0 radical (unpaired) electrons. The molecule has 5 heteroatoms. The van der Waals surface area contributed by atoms with E-state index in [0.717, 1.165) is 24.1 Å². The van der Waals surface area contributed by atoms with E-state index in [-0.39, 0.29) is 0 Å². The van der Waals surface area contributed by atoms with Gasteiger partial charge in [0.15, 0.2) is 0 Å². The van der Waals surface area contributed by atoms with E-state index >= 15 is 0 Å². The van der Waals surface area contributed by atoms with Crippen molar-refractivity contribution in [2.75, 3.05) is 7.05 Å². The Morgan fingerprint density at radius 2 is 1.89 bits per heavy atom. The Balaban J connectivity index is 2.27. The van der Waals surface area contributed by atoms with E-state index in [0.29, 0.717) is 0 Å². The van der Waals surface area contributed by atoms with Crippen LogP contribution in [0.4, 0.5) is 0 Å². The van der Waals surface area contributed by atoms with Crippen LogP contribution in [0.1, 0.15) is 17.5 Å². The molecule has 0 atom stereocenters. The molecule has 0 saturated carbocycles. The predicted octanol–water partition coefficient (Wildman–Crippen LogP) is 3.80. The summed E-state index contributed by atoms with van der Waals surface area (Å²) in [6, 6.07) is 8.07. The van der Waals surface area contributed by atoms with Crippen LogP contribution in [-0.2, 0) is 11.2 Å². The van der Waals surface area contributed by atoms with Crippen LogP contribution in [0, 0.1) is 0 Å². The van der Waals surface area contributed by atoms with Gasteiger partial charge in [0.2, 0.25) is 0 Å². The van der Waals surface area contributed by atoms with Crippen molar-refractivity contribution in [2.45, 2.75) is 16.6 Å². The van der Waals surface area contributed by atoms with Crippen molar-refractivity contribution in [3.05, 3.63) is 41.1 Å². The Morgan fingerprint density at radius 3 is 2.56 bits per heavy atom. The molecule has 1 amide bonds. The first-order chi connectivity index (χ1) is 8.39. The number of benzene rings is 1. The maximum Gasteiger partial charge on any atom is 0.278 e. The highest BCUT2D eigenvalue weighted by Crippen LogP contribution is 2.32. The normalized spacial score (nSPS) is 14.8. The number of rotatable bonds is 1. The van der Waals surface area contributed by atoms with Crippen molar-refractivity contribution in [2.24, 2.45) is 0 Å². The highest BCUT2D eigenvalue weighted by molar-refractivity contribution is 6.76. The number of carbonyl (C=O) groups excluding carboxylic acids is 1. The zero-order valence-corrected chi connectivity index (χ0v) is 12.1. The Labute approximate surface area is 121 Å². The fourth-order valence-electron chi connectivity index (χ4n) is 2.00. The van der Waals surface area contributed by atoms with Crippen LogP contribution >= 0.6 is 34.8 Å². The molecule has 0 N–H and O–H groups in total. The Morgan fingerprint density at radius 1 is 1.22 bits per heavy atom. The average molecular weight is 305 g/mol. The number of hydrogen-bond acceptors (Lipinski definition) is 1. The number of fused-ring (bicyclic) bond motifs is 1. The summed E-state index contributed by atoms with van der Waals surface area (Å²) in [5.74, 6) is -0.530. The lowest BCUT2D eigenvalue weighted by molar-refractivity contribution is -0.127. The van der Waals surface area contributed by atoms with Gasteiger partial charge in [0.25, 0.3) is 9.70 Å². The summed E-state index contributed by atoms with van der Waals surface area (Å²) in [6.45, 7) is 0. The van der Waals surface area contributed by atoms with Gasteiger partial charge in [0.1, 0.15) is 0 Å². The lowest BCUT2D eigenvalue weighted by Gasteiger charge is -2.27. The minimum Gasteiger partial charge on any atom is -0.316 e. The van der Waals surface area contributed by atoms with E-state index < -0.39 is 9.70 Å². The van der Waals surface area contributed by atoms with Gasteiger partial charge < -0.3 is 4.90 Å². The largest absolute Gasteiger partial charge is 0.316 e. The third-order valence-electron chi connectivity index (χ3n) is 3.01. The molecule has 0 aromatic heterocycles. The third-order valence-corrected chi connectivity index (χ3v) is 3.49. The van der Waals surface area contributed by atoms with Gasteiger partial charge in [-0.1, -0.05) is 59.1 Å². The molecule has 0 heterocycles. The molecule has 0 aliphatic heterocycles. The smallest absolute Gasteiger partial charge is 0.278 e. The van der Waals surface area contributed by atoms with Crippen molar-refractivity contribution in [3.8, 4) is 0 Å². The summed E-state index contributed by atoms with van der Waals surface area (Å²) >= 11 is 16.8. The lowest BCUT2D eigenvalue weighted by Crippen LogP contribution is -2.36. The van der Waals surface area contributed by atoms with Gasteiger partial charge in [-0.2, -0.15) is 0 Å². The van der Waals surface area contributed by atoms with Crippen molar-refractivity contribution < 1.29 is 4.79 Å². The van der Waals surface area contributed by atoms with E-state index in [9.17, 15) is 4.79 Å². The first-order valence-electron chi connectivity index (χ1n) is 5.53. The molecule has 1 aliphatic carbocycles.